The molecule has 2 N–H and O–H groups in total. The van der Waals surface area contributed by atoms with Crippen LogP contribution in [0, 0.1) is 0 Å². The second-order valence-corrected chi connectivity index (χ2v) is 4.78. The molecule has 0 aliphatic rings. The molecule has 0 saturated carbocycles. The van der Waals surface area contributed by atoms with Crippen LogP contribution < -0.4 is 10.1 Å². The largest absolute Gasteiger partial charge is 0.484 e. The van der Waals surface area contributed by atoms with Crippen molar-refractivity contribution >= 4 is 5.91 Å². The maximum atomic E-state index is 11.6. The molecule has 4 nitrogen and oxygen atoms in total. The van der Waals surface area contributed by atoms with Crippen LogP contribution in [0.4, 0.5) is 0 Å². The molecule has 0 spiro atoms. The lowest BCUT2D eigenvalue weighted by molar-refractivity contribution is -0.123. The van der Waals surface area contributed by atoms with Crippen LogP contribution >= 0.6 is 0 Å². The molecule has 0 saturated heterocycles. The zero-order valence-electron chi connectivity index (χ0n) is 12.2. The van der Waals surface area contributed by atoms with Crippen LogP contribution in [0.2, 0.25) is 0 Å². The van der Waals surface area contributed by atoms with E-state index >= 15 is 0 Å². The van der Waals surface area contributed by atoms with Crippen LogP contribution in [0.1, 0.15) is 38.2 Å². The highest BCUT2D eigenvalue weighted by Gasteiger charge is 2.02. The Morgan fingerprint density at radius 3 is 2.80 bits per heavy atom. The van der Waals surface area contributed by atoms with Crippen molar-refractivity contribution in [2.75, 3.05) is 19.8 Å². The van der Waals surface area contributed by atoms with Crippen molar-refractivity contribution in [3.63, 3.8) is 0 Å². The lowest BCUT2D eigenvalue weighted by Crippen LogP contribution is -2.29. The number of benzene rings is 1. The number of nitrogens with one attached hydrogen (secondary N) is 1. The summed E-state index contributed by atoms with van der Waals surface area (Å²) in [5.74, 6) is 0.650. The smallest absolute Gasteiger partial charge is 0.257 e. The minimum atomic E-state index is -0.0888. The van der Waals surface area contributed by atoms with E-state index in [1.807, 2.05) is 24.3 Å². The molecule has 0 aliphatic carbocycles. The minimum absolute atomic E-state index is 0.0593. The number of hydrogen-bond acceptors (Lipinski definition) is 3. The highest BCUT2D eigenvalue weighted by Crippen LogP contribution is 2.13. The summed E-state index contributed by atoms with van der Waals surface area (Å²) in [6, 6.07) is 7.80. The zero-order chi connectivity index (χ0) is 14.6. The van der Waals surface area contributed by atoms with Crippen molar-refractivity contribution in [3.8, 4) is 5.75 Å². The number of ether oxygens (including phenoxy) is 1. The number of amides is 1. The standard InChI is InChI=1S/C16H25NO3/c1-2-14-8-7-9-15(12-14)20-13-16(19)17-10-5-3-4-6-11-18/h7-9,12,18H,2-6,10-11,13H2,1H3,(H,17,19). The summed E-state index contributed by atoms with van der Waals surface area (Å²) >= 11 is 0. The number of rotatable bonds is 10. The van der Waals surface area contributed by atoms with E-state index < -0.39 is 0 Å². The molecule has 0 fully saturated rings. The van der Waals surface area contributed by atoms with Crippen molar-refractivity contribution < 1.29 is 14.6 Å². The summed E-state index contributed by atoms with van der Waals surface area (Å²) in [7, 11) is 0. The third-order valence-corrected chi connectivity index (χ3v) is 3.08. The zero-order valence-corrected chi connectivity index (χ0v) is 12.2. The molecular formula is C16H25NO3. The summed E-state index contributed by atoms with van der Waals surface area (Å²) in [6.07, 6.45) is 4.77. The number of hydrogen-bond donors (Lipinski definition) is 2. The minimum Gasteiger partial charge on any atom is -0.484 e. The van der Waals surface area contributed by atoms with Gasteiger partial charge in [0.2, 0.25) is 0 Å². The Morgan fingerprint density at radius 1 is 1.25 bits per heavy atom. The normalized spacial score (nSPS) is 10.3. The Balaban J connectivity index is 2.13. The van der Waals surface area contributed by atoms with Gasteiger partial charge in [0.1, 0.15) is 5.75 Å². The van der Waals surface area contributed by atoms with E-state index in [9.17, 15) is 4.79 Å². The topological polar surface area (TPSA) is 58.6 Å². The summed E-state index contributed by atoms with van der Waals surface area (Å²) in [5.41, 5.74) is 1.20. The lowest BCUT2D eigenvalue weighted by atomic mass is 10.2. The molecule has 1 amide bonds. The maximum absolute atomic E-state index is 11.6. The molecule has 1 aromatic rings. The number of aliphatic hydroxyl groups is 1. The molecule has 0 radical (unpaired) electrons. The Bertz CT molecular complexity index is 393. The fourth-order valence-corrected chi connectivity index (χ4v) is 1.87. The average Bonchev–Trinajstić information content (AvgIpc) is 2.49. The van der Waals surface area contributed by atoms with E-state index in [0.29, 0.717) is 6.54 Å². The summed E-state index contributed by atoms with van der Waals surface area (Å²) < 4.78 is 5.46. The van der Waals surface area contributed by atoms with Gasteiger partial charge in [0.05, 0.1) is 0 Å². The fourth-order valence-electron chi connectivity index (χ4n) is 1.87. The predicted octanol–water partition coefficient (Wildman–Crippen LogP) is 2.30. The van der Waals surface area contributed by atoms with Crippen LogP contribution in [0.15, 0.2) is 24.3 Å². The van der Waals surface area contributed by atoms with Gasteiger partial charge in [-0.15, -0.1) is 0 Å². The second-order valence-electron chi connectivity index (χ2n) is 4.78. The van der Waals surface area contributed by atoms with Crippen molar-refractivity contribution in [3.05, 3.63) is 29.8 Å². The van der Waals surface area contributed by atoms with Crippen LogP contribution in [-0.4, -0.2) is 30.8 Å². The summed E-state index contributed by atoms with van der Waals surface area (Å²) in [6.45, 7) is 3.06. The third kappa shape index (κ3) is 7.14. The van der Waals surface area contributed by atoms with E-state index in [1.54, 1.807) is 0 Å². The molecule has 1 rings (SSSR count). The second kappa shape index (κ2) is 10.3. The van der Waals surface area contributed by atoms with Gasteiger partial charge in [0.25, 0.3) is 5.91 Å². The van der Waals surface area contributed by atoms with Gasteiger partial charge < -0.3 is 15.2 Å². The molecule has 1 aromatic carbocycles. The molecule has 112 valence electrons. The molecule has 0 aliphatic heterocycles. The van der Waals surface area contributed by atoms with E-state index in [1.165, 1.54) is 5.56 Å². The van der Waals surface area contributed by atoms with Crippen molar-refractivity contribution in [2.45, 2.75) is 39.0 Å². The number of carbonyl (C=O) groups excluding carboxylic acids is 1. The molecule has 0 atom stereocenters. The summed E-state index contributed by atoms with van der Waals surface area (Å²) in [5, 5.41) is 11.5. The number of aliphatic hydroxyl groups excluding tert-OH is 1. The first-order valence-electron chi connectivity index (χ1n) is 7.35. The number of carbonyl (C=O) groups is 1. The van der Waals surface area contributed by atoms with Crippen LogP contribution in [-0.2, 0) is 11.2 Å². The quantitative estimate of drug-likeness (QED) is 0.646. The Morgan fingerprint density at radius 2 is 2.05 bits per heavy atom. The molecular weight excluding hydrogens is 254 g/mol. The maximum Gasteiger partial charge on any atom is 0.257 e. The first kappa shape index (κ1) is 16.5. The van der Waals surface area contributed by atoms with Crippen molar-refractivity contribution in [1.82, 2.24) is 5.32 Å². The van der Waals surface area contributed by atoms with Crippen molar-refractivity contribution in [1.29, 1.82) is 0 Å². The number of unbranched alkanes of at least 4 members (excludes halogenated alkanes) is 3. The molecule has 4 heteroatoms. The summed E-state index contributed by atoms with van der Waals surface area (Å²) in [4.78, 5) is 11.6. The molecule has 0 heterocycles. The van der Waals surface area contributed by atoms with Crippen LogP contribution in [0.3, 0.4) is 0 Å². The van der Waals surface area contributed by atoms with Gasteiger partial charge in [-0.2, -0.15) is 0 Å². The van der Waals surface area contributed by atoms with Gasteiger partial charge >= 0.3 is 0 Å². The average molecular weight is 279 g/mol. The highest BCUT2D eigenvalue weighted by molar-refractivity contribution is 5.77. The van der Waals surface area contributed by atoms with Gasteiger partial charge in [-0.1, -0.05) is 31.9 Å². The fraction of sp³-hybridized carbons (Fsp3) is 0.562. The number of aryl methyl sites for hydroxylation is 1. The third-order valence-electron chi connectivity index (χ3n) is 3.08. The van der Waals surface area contributed by atoms with Gasteiger partial charge in [0, 0.05) is 13.2 Å². The first-order valence-corrected chi connectivity index (χ1v) is 7.35. The van der Waals surface area contributed by atoms with E-state index in [2.05, 4.69) is 12.2 Å². The SMILES string of the molecule is CCc1cccc(OCC(=O)NCCCCCCO)c1. The van der Waals surface area contributed by atoms with E-state index in [4.69, 9.17) is 9.84 Å². The Hall–Kier alpha value is -1.55. The monoisotopic (exact) mass is 279 g/mol. The van der Waals surface area contributed by atoms with E-state index in [-0.39, 0.29) is 19.1 Å². The Labute approximate surface area is 121 Å². The van der Waals surface area contributed by atoms with Gasteiger partial charge in [0.15, 0.2) is 6.61 Å². The first-order chi connectivity index (χ1) is 9.76. The molecule has 0 bridgehead atoms. The lowest BCUT2D eigenvalue weighted by Gasteiger charge is -2.08. The van der Waals surface area contributed by atoms with Crippen molar-refractivity contribution in [2.24, 2.45) is 0 Å². The Kier molecular flexibility index (Phi) is 8.47. The highest BCUT2D eigenvalue weighted by atomic mass is 16.5. The molecule has 0 aromatic heterocycles. The molecule has 0 unspecified atom stereocenters. The molecule has 20 heavy (non-hydrogen) atoms. The van der Waals surface area contributed by atoms with Gasteiger partial charge in [-0.3, -0.25) is 4.79 Å². The van der Waals surface area contributed by atoms with Gasteiger partial charge in [-0.05, 0) is 37.0 Å². The van der Waals surface area contributed by atoms with E-state index in [0.717, 1.165) is 37.9 Å². The van der Waals surface area contributed by atoms with Crippen LogP contribution in [0.5, 0.6) is 5.75 Å². The predicted molar refractivity (Wildman–Crippen MR) is 79.9 cm³/mol. The van der Waals surface area contributed by atoms with Crippen LogP contribution in [0.25, 0.3) is 0 Å². The van der Waals surface area contributed by atoms with Gasteiger partial charge in [-0.25, -0.2) is 0 Å².